The Bertz CT molecular complexity index is 160. The van der Waals surface area contributed by atoms with Crippen LogP contribution < -0.4 is 0 Å². The molecule has 1 rings (SSSR count). The smallest absolute Gasteiger partial charge is 0.0468 e. The van der Waals surface area contributed by atoms with Crippen molar-refractivity contribution < 1.29 is 4.74 Å². The molecule has 2 unspecified atom stereocenters. The minimum absolute atomic E-state index is 0.532. The molecule has 0 bridgehead atoms. The van der Waals surface area contributed by atoms with Gasteiger partial charge in [0.15, 0.2) is 0 Å². The van der Waals surface area contributed by atoms with Gasteiger partial charge in [0.05, 0.1) is 0 Å². The van der Waals surface area contributed by atoms with Crippen molar-refractivity contribution in [1.29, 1.82) is 0 Å². The maximum absolute atomic E-state index is 5.18. The van der Waals surface area contributed by atoms with E-state index in [-0.39, 0.29) is 0 Å². The first-order valence-electron chi connectivity index (χ1n) is 7.74. The Balaban J connectivity index is 0. The van der Waals surface area contributed by atoms with Gasteiger partial charge in [0.2, 0.25) is 0 Å². The van der Waals surface area contributed by atoms with E-state index in [4.69, 9.17) is 4.74 Å². The molecule has 1 aliphatic rings. The van der Waals surface area contributed by atoms with Gasteiger partial charge in [0.1, 0.15) is 0 Å². The molecule has 0 amide bonds. The summed E-state index contributed by atoms with van der Waals surface area (Å²) in [6.45, 7) is 15.0. The molecule has 0 aromatic heterocycles. The van der Waals surface area contributed by atoms with E-state index in [0.717, 1.165) is 12.6 Å². The fourth-order valence-electron chi connectivity index (χ4n) is 2.46. The molecule has 2 atom stereocenters. The van der Waals surface area contributed by atoms with Gasteiger partial charge >= 0.3 is 0 Å². The molecule has 1 aliphatic heterocycles. The molecule has 0 aromatic carbocycles. The van der Waals surface area contributed by atoms with Gasteiger partial charge in [-0.3, -0.25) is 0 Å². The number of likely N-dealkylation sites (tertiary alicyclic amines) is 1. The van der Waals surface area contributed by atoms with E-state index in [2.05, 4.69) is 39.6 Å². The predicted octanol–water partition coefficient (Wildman–Crippen LogP) is 4.59. The molecule has 1 saturated heterocycles. The van der Waals surface area contributed by atoms with Crippen LogP contribution in [0.4, 0.5) is 0 Å². The minimum atomic E-state index is 0.532. The Morgan fingerprint density at radius 3 is 2.00 bits per heavy atom. The van der Waals surface area contributed by atoms with Gasteiger partial charge in [-0.25, -0.2) is 0 Å². The van der Waals surface area contributed by atoms with Crippen LogP contribution in [0.5, 0.6) is 0 Å². The topological polar surface area (TPSA) is 12.5 Å². The zero-order valence-corrected chi connectivity index (χ0v) is 14.2. The quantitative estimate of drug-likeness (QED) is 0.732. The third-order valence-electron chi connectivity index (χ3n) is 3.65. The van der Waals surface area contributed by atoms with Crippen molar-refractivity contribution in [2.24, 2.45) is 5.41 Å². The van der Waals surface area contributed by atoms with Crippen molar-refractivity contribution in [3.63, 3.8) is 0 Å². The van der Waals surface area contributed by atoms with E-state index in [1.54, 1.807) is 7.11 Å². The van der Waals surface area contributed by atoms with E-state index < -0.39 is 0 Å². The van der Waals surface area contributed by atoms with Crippen molar-refractivity contribution in [1.82, 2.24) is 4.90 Å². The summed E-state index contributed by atoms with van der Waals surface area (Å²) in [6.07, 6.45) is 5.09. The largest absolute Gasteiger partial charge is 0.385 e. The number of hydrogen-bond acceptors (Lipinski definition) is 2. The molecule has 0 saturated carbocycles. The molecule has 1 heterocycles. The molecule has 112 valence electrons. The van der Waals surface area contributed by atoms with Gasteiger partial charge in [0, 0.05) is 26.3 Å². The van der Waals surface area contributed by atoms with Crippen LogP contribution in [0, 0.1) is 5.41 Å². The third kappa shape index (κ3) is 7.38. The van der Waals surface area contributed by atoms with E-state index >= 15 is 0 Å². The first-order valence-corrected chi connectivity index (χ1v) is 7.74. The Hall–Kier alpha value is -0.0800. The Kier molecular flexibility index (Phi) is 13.5. The SMILES string of the molecule is CC.CCC.CCC1(CCOC)CC(C)N(C)C1. The molecule has 0 N–H and O–H groups in total. The second-order valence-corrected chi connectivity index (χ2v) is 5.27. The first-order chi connectivity index (χ1) is 8.55. The number of methoxy groups -OCH3 is 1. The van der Waals surface area contributed by atoms with Crippen LogP contribution in [0.15, 0.2) is 0 Å². The summed E-state index contributed by atoms with van der Waals surface area (Å²) in [6, 6.07) is 0.747. The predicted molar refractivity (Wildman–Crippen MR) is 83.2 cm³/mol. The molecule has 2 nitrogen and oxygen atoms in total. The average Bonchev–Trinajstić information content (AvgIpc) is 2.67. The highest BCUT2D eigenvalue weighted by molar-refractivity contribution is 4.91. The Morgan fingerprint density at radius 2 is 1.72 bits per heavy atom. The highest BCUT2D eigenvalue weighted by Crippen LogP contribution is 2.39. The van der Waals surface area contributed by atoms with Gasteiger partial charge in [-0.2, -0.15) is 0 Å². The molecule has 18 heavy (non-hydrogen) atoms. The van der Waals surface area contributed by atoms with E-state index in [0.29, 0.717) is 5.41 Å². The van der Waals surface area contributed by atoms with Crippen LogP contribution in [0.2, 0.25) is 0 Å². The fourth-order valence-corrected chi connectivity index (χ4v) is 2.46. The van der Waals surface area contributed by atoms with Gasteiger partial charge < -0.3 is 9.64 Å². The van der Waals surface area contributed by atoms with Crippen LogP contribution in [0.3, 0.4) is 0 Å². The van der Waals surface area contributed by atoms with Crippen LogP contribution in [0.25, 0.3) is 0 Å². The summed E-state index contributed by atoms with van der Waals surface area (Å²) in [5.41, 5.74) is 0.532. The Morgan fingerprint density at radius 1 is 1.22 bits per heavy atom. The van der Waals surface area contributed by atoms with E-state index in [1.807, 2.05) is 13.8 Å². The lowest BCUT2D eigenvalue weighted by atomic mass is 9.80. The number of rotatable bonds is 4. The van der Waals surface area contributed by atoms with Crippen molar-refractivity contribution in [2.45, 2.75) is 73.3 Å². The number of nitrogens with zero attached hydrogens (tertiary/aromatic N) is 1. The van der Waals surface area contributed by atoms with Gasteiger partial charge in [-0.1, -0.05) is 41.0 Å². The van der Waals surface area contributed by atoms with E-state index in [9.17, 15) is 0 Å². The van der Waals surface area contributed by atoms with Gasteiger partial charge in [0.25, 0.3) is 0 Å². The molecular formula is C16H37NO. The summed E-state index contributed by atoms with van der Waals surface area (Å²) in [5, 5.41) is 0. The highest BCUT2D eigenvalue weighted by Gasteiger charge is 2.38. The third-order valence-corrected chi connectivity index (χ3v) is 3.65. The van der Waals surface area contributed by atoms with Crippen LogP contribution in [-0.4, -0.2) is 38.3 Å². The van der Waals surface area contributed by atoms with Crippen molar-refractivity contribution in [3.05, 3.63) is 0 Å². The Labute approximate surface area is 116 Å². The second-order valence-electron chi connectivity index (χ2n) is 5.27. The molecule has 0 aliphatic carbocycles. The normalized spacial score (nSPS) is 27.0. The van der Waals surface area contributed by atoms with Gasteiger partial charge in [-0.05, 0) is 38.6 Å². The van der Waals surface area contributed by atoms with E-state index in [1.165, 1.54) is 32.2 Å². The van der Waals surface area contributed by atoms with Crippen molar-refractivity contribution in [3.8, 4) is 0 Å². The van der Waals surface area contributed by atoms with Crippen LogP contribution >= 0.6 is 0 Å². The molecule has 0 spiro atoms. The summed E-state index contributed by atoms with van der Waals surface area (Å²) >= 11 is 0. The monoisotopic (exact) mass is 259 g/mol. The summed E-state index contributed by atoms with van der Waals surface area (Å²) in [5.74, 6) is 0. The van der Waals surface area contributed by atoms with Crippen LogP contribution in [-0.2, 0) is 4.74 Å². The molecule has 2 heteroatoms. The van der Waals surface area contributed by atoms with Crippen LogP contribution in [0.1, 0.15) is 67.2 Å². The zero-order valence-electron chi connectivity index (χ0n) is 14.2. The summed E-state index contributed by atoms with van der Waals surface area (Å²) < 4.78 is 5.18. The second kappa shape index (κ2) is 12.0. The average molecular weight is 259 g/mol. The maximum Gasteiger partial charge on any atom is 0.0468 e. The fraction of sp³-hybridized carbons (Fsp3) is 1.00. The first kappa shape index (κ1) is 20.2. The number of hydrogen-bond donors (Lipinski definition) is 0. The molecule has 0 aromatic rings. The molecule has 0 radical (unpaired) electrons. The lowest BCUT2D eigenvalue weighted by molar-refractivity contribution is 0.135. The molecule has 1 fully saturated rings. The standard InChI is InChI=1S/C11H23NO.C3H8.C2H6/c1-5-11(6-7-13-4)8-10(2)12(3)9-11;1-3-2;1-2/h10H,5-9H2,1-4H3;3H2,1-2H3;1-2H3. The number of ether oxygens (including phenoxy) is 1. The minimum Gasteiger partial charge on any atom is -0.385 e. The zero-order chi connectivity index (χ0) is 14.6. The lowest BCUT2D eigenvalue weighted by Crippen LogP contribution is -2.26. The maximum atomic E-state index is 5.18. The lowest BCUT2D eigenvalue weighted by Gasteiger charge is -2.27. The molecular weight excluding hydrogens is 222 g/mol. The highest BCUT2D eigenvalue weighted by atomic mass is 16.5. The van der Waals surface area contributed by atoms with Crippen molar-refractivity contribution in [2.75, 3.05) is 27.3 Å². The van der Waals surface area contributed by atoms with Gasteiger partial charge in [-0.15, -0.1) is 0 Å². The van der Waals surface area contributed by atoms with Crippen molar-refractivity contribution >= 4 is 0 Å². The summed E-state index contributed by atoms with van der Waals surface area (Å²) in [4.78, 5) is 2.47. The summed E-state index contributed by atoms with van der Waals surface area (Å²) in [7, 11) is 4.03.